The molecule has 0 unspecified atom stereocenters. The summed E-state index contributed by atoms with van der Waals surface area (Å²) in [5.74, 6) is -0.177. The van der Waals surface area contributed by atoms with E-state index in [1.807, 2.05) is 0 Å². The van der Waals surface area contributed by atoms with Crippen LogP contribution >= 0.6 is 11.6 Å². The first-order chi connectivity index (χ1) is 10.2. The van der Waals surface area contributed by atoms with Gasteiger partial charge in [-0.25, -0.2) is 4.39 Å². The van der Waals surface area contributed by atoms with Crippen molar-refractivity contribution < 1.29 is 4.39 Å². The Labute approximate surface area is 131 Å². The van der Waals surface area contributed by atoms with E-state index < -0.39 is 0 Å². The quantitative estimate of drug-likeness (QED) is 0.893. The SMILES string of the molecule is Fc1cccc(Cl)c1CN1CCCC2(CCNCC2)CC1. The normalized spacial score (nSPS) is 23.1. The van der Waals surface area contributed by atoms with Crippen molar-refractivity contribution in [1.29, 1.82) is 0 Å². The Morgan fingerprint density at radius 1 is 1.14 bits per heavy atom. The van der Waals surface area contributed by atoms with Gasteiger partial charge in [-0.05, 0) is 75.8 Å². The summed E-state index contributed by atoms with van der Waals surface area (Å²) in [5.41, 5.74) is 1.18. The average Bonchev–Trinajstić information content (AvgIpc) is 2.67. The number of nitrogens with one attached hydrogen (secondary N) is 1. The largest absolute Gasteiger partial charge is 0.317 e. The summed E-state index contributed by atoms with van der Waals surface area (Å²) < 4.78 is 13.9. The van der Waals surface area contributed by atoms with Crippen molar-refractivity contribution in [3.8, 4) is 0 Å². The molecule has 2 nitrogen and oxygen atoms in total. The molecule has 2 saturated heterocycles. The zero-order chi connectivity index (χ0) is 14.7. The number of rotatable bonds is 2. The number of hydrogen-bond acceptors (Lipinski definition) is 2. The predicted molar refractivity (Wildman–Crippen MR) is 85.1 cm³/mol. The minimum atomic E-state index is -0.177. The first-order valence-electron chi connectivity index (χ1n) is 8.05. The van der Waals surface area contributed by atoms with Crippen molar-refractivity contribution in [1.82, 2.24) is 10.2 Å². The molecule has 2 fully saturated rings. The van der Waals surface area contributed by atoms with Gasteiger partial charge in [-0.2, -0.15) is 0 Å². The van der Waals surface area contributed by atoms with Gasteiger partial charge in [0, 0.05) is 17.1 Å². The van der Waals surface area contributed by atoms with E-state index in [4.69, 9.17) is 11.6 Å². The molecule has 2 aliphatic heterocycles. The Morgan fingerprint density at radius 3 is 2.71 bits per heavy atom. The highest BCUT2D eigenvalue weighted by Crippen LogP contribution is 2.39. The molecule has 0 amide bonds. The van der Waals surface area contributed by atoms with Crippen LogP contribution in [0.2, 0.25) is 5.02 Å². The highest BCUT2D eigenvalue weighted by molar-refractivity contribution is 6.31. The van der Waals surface area contributed by atoms with E-state index in [2.05, 4.69) is 10.2 Å². The third-order valence-corrected chi connectivity index (χ3v) is 5.60. The van der Waals surface area contributed by atoms with Gasteiger partial charge in [-0.3, -0.25) is 4.90 Å². The third-order valence-electron chi connectivity index (χ3n) is 5.25. The van der Waals surface area contributed by atoms with Gasteiger partial charge in [0.2, 0.25) is 0 Å². The molecule has 2 heterocycles. The summed E-state index contributed by atoms with van der Waals surface area (Å²) in [7, 11) is 0. The summed E-state index contributed by atoms with van der Waals surface area (Å²) in [4.78, 5) is 2.38. The average molecular weight is 311 g/mol. The molecule has 4 heteroatoms. The fourth-order valence-electron chi connectivity index (χ4n) is 3.83. The molecule has 3 rings (SSSR count). The molecule has 0 aliphatic carbocycles. The zero-order valence-electron chi connectivity index (χ0n) is 12.5. The Bertz CT molecular complexity index is 465. The molecular weight excluding hydrogens is 287 g/mol. The second-order valence-electron chi connectivity index (χ2n) is 6.58. The zero-order valence-corrected chi connectivity index (χ0v) is 13.3. The van der Waals surface area contributed by atoms with Crippen molar-refractivity contribution >= 4 is 11.6 Å². The topological polar surface area (TPSA) is 15.3 Å². The van der Waals surface area contributed by atoms with E-state index in [-0.39, 0.29) is 5.82 Å². The highest BCUT2D eigenvalue weighted by atomic mass is 35.5. The summed E-state index contributed by atoms with van der Waals surface area (Å²) >= 11 is 6.16. The summed E-state index contributed by atoms with van der Waals surface area (Å²) in [5, 5.41) is 4.01. The lowest BCUT2D eigenvalue weighted by Crippen LogP contribution is -2.37. The van der Waals surface area contributed by atoms with Gasteiger partial charge in [0.15, 0.2) is 0 Å². The lowest BCUT2D eigenvalue weighted by atomic mass is 9.73. The maximum atomic E-state index is 13.9. The maximum Gasteiger partial charge on any atom is 0.129 e. The number of benzene rings is 1. The number of halogens is 2. The van der Waals surface area contributed by atoms with Crippen LogP contribution < -0.4 is 5.32 Å². The smallest absolute Gasteiger partial charge is 0.129 e. The molecule has 1 N–H and O–H groups in total. The van der Waals surface area contributed by atoms with Gasteiger partial charge in [0.25, 0.3) is 0 Å². The van der Waals surface area contributed by atoms with Gasteiger partial charge in [0.05, 0.1) is 0 Å². The van der Waals surface area contributed by atoms with Crippen LogP contribution in [0.15, 0.2) is 18.2 Å². The van der Waals surface area contributed by atoms with Crippen molar-refractivity contribution in [3.05, 3.63) is 34.6 Å². The minimum absolute atomic E-state index is 0.177. The van der Waals surface area contributed by atoms with Crippen molar-refractivity contribution in [3.63, 3.8) is 0 Å². The first-order valence-corrected chi connectivity index (χ1v) is 8.42. The van der Waals surface area contributed by atoms with Crippen molar-refractivity contribution in [2.75, 3.05) is 26.2 Å². The lowest BCUT2D eigenvalue weighted by Gasteiger charge is -2.37. The number of nitrogens with zero attached hydrogens (tertiary/aromatic N) is 1. The van der Waals surface area contributed by atoms with Gasteiger partial charge < -0.3 is 5.32 Å². The summed E-state index contributed by atoms with van der Waals surface area (Å²) in [6.07, 6.45) is 6.35. The molecule has 1 spiro atoms. The predicted octanol–water partition coefficient (Wildman–Crippen LogP) is 3.83. The van der Waals surface area contributed by atoms with Gasteiger partial charge >= 0.3 is 0 Å². The molecule has 0 saturated carbocycles. The monoisotopic (exact) mass is 310 g/mol. The molecule has 0 bridgehead atoms. The van der Waals surface area contributed by atoms with Gasteiger partial charge in [-0.15, -0.1) is 0 Å². The van der Waals surface area contributed by atoms with Crippen LogP contribution in [0.4, 0.5) is 4.39 Å². The molecule has 1 aromatic carbocycles. The molecule has 0 aromatic heterocycles. The molecule has 0 radical (unpaired) electrons. The van der Waals surface area contributed by atoms with Crippen LogP contribution in [0.1, 0.15) is 37.7 Å². The van der Waals surface area contributed by atoms with E-state index in [0.717, 1.165) is 26.2 Å². The van der Waals surface area contributed by atoms with E-state index in [9.17, 15) is 4.39 Å². The van der Waals surface area contributed by atoms with E-state index in [1.165, 1.54) is 38.2 Å². The Hall–Kier alpha value is -0.640. The lowest BCUT2D eigenvalue weighted by molar-refractivity contribution is 0.167. The Morgan fingerprint density at radius 2 is 1.95 bits per heavy atom. The van der Waals surface area contributed by atoms with Gasteiger partial charge in [-0.1, -0.05) is 17.7 Å². The Kier molecular flexibility index (Phi) is 4.82. The highest BCUT2D eigenvalue weighted by Gasteiger charge is 2.33. The second kappa shape index (κ2) is 6.64. The standard InChI is InChI=1S/C17H24ClFN2/c18-15-3-1-4-16(19)14(15)13-21-11-2-5-17(8-12-21)6-9-20-10-7-17/h1,3-4,20H,2,5-13H2. The summed E-state index contributed by atoms with van der Waals surface area (Å²) in [6.45, 7) is 5.06. The van der Waals surface area contributed by atoms with E-state index >= 15 is 0 Å². The van der Waals surface area contributed by atoms with E-state index in [1.54, 1.807) is 12.1 Å². The van der Waals surface area contributed by atoms with Crippen LogP contribution in [0.25, 0.3) is 0 Å². The molecule has 116 valence electrons. The number of piperidine rings is 1. The van der Waals surface area contributed by atoms with Crippen molar-refractivity contribution in [2.24, 2.45) is 5.41 Å². The van der Waals surface area contributed by atoms with Crippen LogP contribution in [0.5, 0.6) is 0 Å². The second-order valence-corrected chi connectivity index (χ2v) is 6.99. The third kappa shape index (κ3) is 3.58. The number of likely N-dealkylation sites (tertiary alicyclic amines) is 1. The maximum absolute atomic E-state index is 13.9. The fourth-order valence-corrected chi connectivity index (χ4v) is 4.05. The van der Waals surface area contributed by atoms with E-state index in [0.29, 0.717) is 22.5 Å². The van der Waals surface area contributed by atoms with Crippen LogP contribution in [0.3, 0.4) is 0 Å². The molecular formula is C17H24ClFN2. The molecule has 1 aromatic rings. The summed E-state index contributed by atoms with van der Waals surface area (Å²) in [6, 6.07) is 4.97. The van der Waals surface area contributed by atoms with Crippen LogP contribution in [0, 0.1) is 11.2 Å². The Balaban J connectivity index is 1.65. The number of hydrogen-bond donors (Lipinski definition) is 1. The fraction of sp³-hybridized carbons (Fsp3) is 0.647. The molecule has 0 atom stereocenters. The first kappa shape index (κ1) is 15.3. The van der Waals surface area contributed by atoms with Gasteiger partial charge in [0.1, 0.15) is 5.82 Å². The van der Waals surface area contributed by atoms with Crippen LogP contribution in [-0.4, -0.2) is 31.1 Å². The minimum Gasteiger partial charge on any atom is -0.317 e. The van der Waals surface area contributed by atoms with Crippen LogP contribution in [-0.2, 0) is 6.54 Å². The molecule has 2 aliphatic rings. The van der Waals surface area contributed by atoms with Crippen molar-refractivity contribution in [2.45, 2.75) is 38.6 Å². The molecule has 21 heavy (non-hydrogen) atoms.